The minimum absolute atomic E-state index is 0.662. The maximum Gasteiger partial charge on any atom is 0.0897 e. The van der Waals surface area contributed by atoms with Crippen LogP contribution in [-0.4, -0.2) is 41.6 Å². The number of aryl methyl sites for hydroxylation is 1. The van der Waals surface area contributed by atoms with E-state index in [0.717, 1.165) is 25.4 Å². The summed E-state index contributed by atoms with van der Waals surface area (Å²) < 4.78 is 0. The van der Waals surface area contributed by atoms with Gasteiger partial charge < -0.3 is 5.32 Å². The van der Waals surface area contributed by atoms with Crippen molar-refractivity contribution >= 4 is 11.3 Å². The molecule has 0 saturated carbocycles. The molecule has 1 aromatic rings. The van der Waals surface area contributed by atoms with Crippen molar-refractivity contribution in [3.05, 3.63) is 16.1 Å². The standard InChI is InChI=1S/C16H29N3S/c1-5-16-9-17-15(8-12(2)3)10-19(16)7-6-14-11-20-13(4)18-14/h11-12,15-17H,5-10H2,1-4H3. The molecule has 4 heteroatoms. The third-order valence-electron chi connectivity index (χ3n) is 4.16. The molecule has 1 aliphatic heterocycles. The Hall–Kier alpha value is -0.450. The van der Waals surface area contributed by atoms with E-state index in [4.69, 9.17) is 0 Å². The highest BCUT2D eigenvalue weighted by molar-refractivity contribution is 7.09. The molecular weight excluding hydrogens is 266 g/mol. The van der Waals surface area contributed by atoms with Gasteiger partial charge in [0.15, 0.2) is 0 Å². The molecule has 0 bridgehead atoms. The second-order valence-corrected chi connectivity index (χ2v) is 7.46. The van der Waals surface area contributed by atoms with E-state index in [0.29, 0.717) is 12.1 Å². The summed E-state index contributed by atoms with van der Waals surface area (Å²) in [6.45, 7) is 12.5. The maximum absolute atomic E-state index is 4.59. The van der Waals surface area contributed by atoms with Crippen molar-refractivity contribution in [3.8, 4) is 0 Å². The van der Waals surface area contributed by atoms with Gasteiger partial charge in [-0.05, 0) is 25.7 Å². The highest BCUT2D eigenvalue weighted by atomic mass is 32.1. The fourth-order valence-corrected chi connectivity index (χ4v) is 3.76. The molecule has 3 nitrogen and oxygen atoms in total. The van der Waals surface area contributed by atoms with Crippen molar-refractivity contribution in [1.82, 2.24) is 15.2 Å². The Bertz CT molecular complexity index is 402. The molecular formula is C16H29N3S. The molecule has 0 aromatic carbocycles. The normalized spacial score (nSPS) is 24.4. The van der Waals surface area contributed by atoms with Crippen LogP contribution in [0.1, 0.15) is 44.3 Å². The zero-order valence-electron chi connectivity index (χ0n) is 13.4. The number of hydrogen-bond acceptors (Lipinski definition) is 4. The summed E-state index contributed by atoms with van der Waals surface area (Å²) >= 11 is 1.76. The molecule has 2 rings (SSSR count). The van der Waals surface area contributed by atoms with Crippen LogP contribution in [0, 0.1) is 12.8 Å². The Morgan fingerprint density at radius 3 is 2.90 bits per heavy atom. The summed E-state index contributed by atoms with van der Waals surface area (Å²) in [5.41, 5.74) is 1.27. The minimum Gasteiger partial charge on any atom is -0.311 e. The van der Waals surface area contributed by atoms with Crippen molar-refractivity contribution in [3.63, 3.8) is 0 Å². The molecule has 1 fully saturated rings. The summed E-state index contributed by atoms with van der Waals surface area (Å²) in [4.78, 5) is 7.27. The molecule has 1 N–H and O–H groups in total. The zero-order chi connectivity index (χ0) is 14.5. The molecule has 2 heterocycles. The first-order valence-electron chi connectivity index (χ1n) is 7.97. The summed E-state index contributed by atoms with van der Waals surface area (Å²) in [5, 5.41) is 7.13. The van der Waals surface area contributed by atoms with Crippen LogP contribution in [0.25, 0.3) is 0 Å². The zero-order valence-corrected chi connectivity index (χ0v) is 14.2. The molecule has 1 saturated heterocycles. The second kappa shape index (κ2) is 7.53. The Labute approximate surface area is 127 Å². The lowest BCUT2D eigenvalue weighted by molar-refractivity contribution is 0.120. The highest BCUT2D eigenvalue weighted by Gasteiger charge is 2.26. The second-order valence-electron chi connectivity index (χ2n) is 6.40. The number of aromatic nitrogens is 1. The van der Waals surface area contributed by atoms with Crippen LogP contribution in [0.4, 0.5) is 0 Å². The van der Waals surface area contributed by atoms with E-state index >= 15 is 0 Å². The van der Waals surface area contributed by atoms with Crippen molar-refractivity contribution in [1.29, 1.82) is 0 Å². The van der Waals surface area contributed by atoms with Crippen molar-refractivity contribution < 1.29 is 0 Å². The van der Waals surface area contributed by atoms with Crippen LogP contribution in [0.3, 0.4) is 0 Å². The molecule has 0 aliphatic carbocycles. The van der Waals surface area contributed by atoms with E-state index in [1.54, 1.807) is 11.3 Å². The average Bonchev–Trinajstić information content (AvgIpc) is 2.82. The Morgan fingerprint density at radius 2 is 2.30 bits per heavy atom. The number of piperazine rings is 1. The number of nitrogens with zero attached hydrogens (tertiary/aromatic N) is 2. The summed E-state index contributed by atoms with van der Waals surface area (Å²) in [6, 6.07) is 1.35. The lowest BCUT2D eigenvalue weighted by Gasteiger charge is -2.40. The molecule has 1 aromatic heterocycles. The number of hydrogen-bond donors (Lipinski definition) is 1. The number of nitrogens with one attached hydrogen (secondary N) is 1. The molecule has 0 spiro atoms. The minimum atomic E-state index is 0.662. The van der Waals surface area contributed by atoms with Crippen LogP contribution < -0.4 is 5.32 Å². The molecule has 114 valence electrons. The average molecular weight is 295 g/mol. The third-order valence-corrected chi connectivity index (χ3v) is 4.98. The van der Waals surface area contributed by atoms with Gasteiger partial charge >= 0.3 is 0 Å². The van der Waals surface area contributed by atoms with E-state index in [1.807, 2.05) is 0 Å². The molecule has 2 atom stereocenters. The van der Waals surface area contributed by atoms with Crippen molar-refractivity contribution in [2.75, 3.05) is 19.6 Å². The first-order valence-corrected chi connectivity index (χ1v) is 8.84. The molecule has 20 heavy (non-hydrogen) atoms. The van der Waals surface area contributed by atoms with Gasteiger partial charge in [0.1, 0.15) is 0 Å². The Kier molecular flexibility index (Phi) is 6.00. The lowest BCUT2D eigenvalue weighted by Crippen LogP contribution is -2.56. The Balaban J connectivity index is 1.88. The van der Waals surface area contributed by atoms with Gasteiger partial charge in [0, 0.05) is 43.5 Å². The molecule has 0 amide bonds. The lowest BCUT2D eigenvalue weighted by atomic mass is 9.98. The Morgan fingerprint density at radius 1 is 1.50 bits per heavy atom. The highest BCUT2D eigenvalue weighted by Crippen LogP contribution is 2.16. The molecule has 2 unspecified atom stereocenters. The molecule has 1 aliphatic rings. The largest absolute Gasteiger partial charge is 0.311 e. The SMILES string of the molecule is CCC1CNC(CC(C)C)CN1CCc1csc(C)n1. The van der Waals surface area contributed by atoms with Gasteiger partial charge in [-0.2, -0.15) is 0 Å². The first-order chi connectivity index (χ1) is 9.58. The van der Waals surface area contributed by atoms with E-state index in [2.05, 4.69) is 48.3 Å². The predicted octanol–water partition coefficient (Wildman–Crippen LogP) is 3.09. The number of rotatable bonds is 6. The third kappa shape index (κ3) is 4.54. The first kappa shape index (κ1) is 15.9. The van der Waals surface area contributed by atoms with E-state index in [-0.39, 0.29) is 0 Å². The van der Waals surface area contributed by atoms with Gasteiger partial charge in [-0.15, -0.1) is 11.3 Å². The van der Waals surface area contributed by atoms with Crippen LogP contribution >= 0.6 is 11.3 Å². The van der Waals surface area contributed by atoms with Crippen LogP contribution in [0.5, 0.6) is 0 Å². The van der Waals surface area contributed by atoms with Crippen molar-refractivity contribution in [2.45, 2.75) is 59.0 Å². The van der Waals surface area contributed by atoms with Crippen molar-refractivity contribution in [2.24, 2.45) is 5.92 Å². The van der Waals surface area contributed by atoms with E-state index in [1.165, 1.54) is 30.1 Å². The maximum atomic E-state index is 4.59. The van der Waals surface area contributed by atoms with Crippen LogP contribution in [0.15, 0.2) is 5.38 Å². The van der Waals surface area contributed by atoms with Gasteiger partial charge in [0.05, 0.1) is 10.7 Å². The van der Waals surface area contributed by atoms with Gasteiger partial charge in [0.2, 0.25) is 0 Å². The van der Waals surface area contributed by atoms with E-state index < -0.39 is 0 Å². The van der Waals surface area contributed by atoms with Gasteiger partial charge in [-0.3, -0.25) is 4.90 Å². The summed E-state index contributed by atoms with van der Waals surface area (Å²) in [7, 11) is 0. The topological polar surface area (TPSA) is 28.2 Å². The van der Waals surface area contributed by atoms with E-state index in [9.17, 15) is 0 Å². The monoisotopic (exact) mass is 295 g/mol. The predicted molar refractivity (Wildman–Crippen MR) is 87.5 cm³/mol. The van der Waals surface area contributed by atoms with Gasteiger partial charge in [0.25, 0.3) is 0 Å². The van der Waals surface area contributed by atoms with Crippen LogP contribution in [-0.2, 0) is 6.42 Å². The fraction of sp³-hybridized carbons (Fsp3) is 0.812. The summed E-state index contributed by atoms with van der Waals surface area (Å²) in [5.74, 6) is 0.772. The van der Waals surface area contributed by atoms with Gasteiger partial charge in [-0.25, -0.2) is 4.98 Å². The quantitative estimate of drug-likeness (QED) is 0.874. The smallest absolute Gasteiger partial charge is 0.0897 e. The number of thiazole rings is 1. The summed E-state index contributed by atoms with van der Waals surface area (Å²) in [6.07, 6.45) is 3.61. The van der Waals surface area contributed by atoms with Crippen LogP contribution in [0.2, 0.25) is 0 Å². The van der Waals surface area contributed by atoms with Gasteiger partial charge in [-0.1, -0.05) is 20.8 Å². The fourth-order valence-electron chi connectivity index (χ4n) is 3.11. The molecule has 0 radical (unpaired) electrons.